The van der Waals surface area contributed by atoms with Crippen molar-refractivity contribution in [1.82, 2.24) is 9.80 Å². The SMILES string of the molecule is CN(C)CCCC(=O)C(=N)C1CCC(CCN2CCN(c3cccc(C(F)(F)F)c3)CC2)CC1. The molecule has 34 heavy (non-hydrogen) atoms. The van der Waals surface area contributed by atoms with Crippen molar-refractivity contribution >= 4 is 17.2 Å². The Hall–Kier alpha value is -1.93. The Morgan fingerprint density at radius 2 is 1.76 bits per heavy atom. The molecule has 0 aromatic heterocycles. The minimum atomic E-state index is -4.31. The summed E-state index contributed by atoms with van der Waals surface area (Å²) in [6, 6.07) is 5.61. The maximum Gasteiger partial charge on any atom is 0.416 e. The molecule has 8 heteroatoms. The van der Waals surface area contributed by atoms with E-state index in [2.05, 4.69) is 9.80 Å². The van der Waals surface area contributed by atoms with E-state index in [0.717, 1.165) is 83.9 Å². The highest BCUT2D eigenvalue weighted by Crippen LogP contribution is 2.33. The number of rotatable bonds is 10. The Morgan fingerprint density at radius 3 is 2.38 bits per heavy atom. The van der Waals surface area contributed by atoms with Crippen molar-refractivity contribution in [2.24, 2.45) is 11.8 Å². The van der Waals surface area contributed by atoms with Crippen LogP contribution in [0.3, 0.4) is 0 Å². The van der Waals surface area contributed by atoms with Crippen molar-refractivity contribution in [1.29, 1.82) is 5.41 Å². The Bertz CT molecular complexity index is 811. The highest BCUT2D eigenvalue weighted by Gasteiger charge is 2.31. The highest BCUT2D eigenvalue weighted by molar-refractivity contribution is 6.39. The number of carbonyl (C=O) groups is 1. The molecule has 1 aliphatic heterocycles. The molecule has 1 saturated carbocycles. The number of halogens is 3. The first-order valence-corrected chi connectivity index (χ1v) is 12.5. The topological polar surface area (TPSA) is 50.6 Å². The number of nitrogens with one attached hydrogen (secondary N) is 1. The third-order valence-corrected chi connectivity index (χ3v) is 7.33. The van der Waals surface area contributed by atoms with Gasteiger partial charge in [-0.3, -0.25) is 9.69 Å². The molecule has 0 spiro atoms. The van der Waals surface area contributed by atoms with Gasteiger partial charge in [-0.2, -0.15) is 13.2 Å². The molecular weight excluding hydrogens is 441 g/mol. The number of Topliss-reactive ketones (excluding diaryl/α,β-unsaturated/α-hetero) is 1. The quantitative estimate of drug-likeness (QED) is 0.481. The van der Waals surface area contributed by atoms with Gasteiger partial charge in [0.15, 0.2) is 5.78 Å². The zero-order valence-corrected chi connectivity index (χ0v) is 20.5. The van der Waals surface area contributed by atoms with Gasteiger partial charge in [0, 0.05) is 44.2 Å². The number of nitrogens with zero attached hydrogens (tertiary/aromatic N) is 3. The predicted octanol–water partition coefficient (Wildman–Crippen LogP) is 4.95. The van der Waals surface area contributed by atoms with Crippen molar-refractivity contribution in [3.05, 3.63) is 29.8 Å². The lowest BCUT2D eigenvalue weighted by Gasteiger charge is -2.37. The van der Waals surface area contributed by atoms with E-state index in [1.165, 1.54) is 12.1 Å². The zero-order valence-electron chi connectivity index (χ0n) is 20.5. The summed E-state index contributed by atoms with van der Waals surface area (Å²) in [6.45, 7) is 5.07. The molecule has 190 valence electrons. The second-order valence-electron chi connectivity index (χ2n) is 10.1. The molecule has 2 fully saturated rings. The van der Waals surface area contributed by atoms with Gasteiger partial charge in [0.25, 0.3) is 0 Å². The maximum atomic E-state index is 13.0. The van der Waals surface area contributed by atoms with E-state index in [9.17, 15) is 18.0 Å². The van der Waals surface area contributed by atoms with E-state index in [1.54, 1.807) is 6.07 Å². The van der Waals surface area contributed by atoms with Gasteiger partial charge in [0.1, 0.15) is 0 Å². The monoisotopic (exact) mass is 480 g/mol. The van der Waals surface area contributed by atoms with Crippen molar-refractivity contribution in [2.75, 3.05) is 58.3 Å². The van der Waals surface area contributed by atoms with E-state index in [1.807, 2.05) is 19.0 Å². The molecule has 1 heterocycles. The smallest absolute Gasteiger partial charge is 0.369 e. The van der Waals surface area contributed by atoms with Crippen LogP contribution in [0.2, 0.25) is 0 Å². The third kappa shape index (κ3) is 7.80. The van der Waals surface area contributed by atoms with Gasteiger partial charge in [-0.1, -0.05) is 6.07 Å². The average Bonchev–Trinajstić information content (AvgIpc) is 2.82. The Labute approximate surface area is 201 Å². The lowest BCUT2D eigenvalue weighted by molar-refractivity contribution is -0.137. The molecule has 0 atom stereocenters. The molecule has 0 radical (unpaired) electrons. The number of piperazine rings is 1. The molecule has 2 aliphatic rings. The Balaban J connectivity index is 1.35. The number of carbonyl (C=O) groups excluding carboxylic acids is 1. The molecule has 0 amide bonds. The minimum absolute atomic E-state index is 0.0175. The molecule has 1 N–H and O–H groups in total. The van der Waals surface area contributed by atoms with Crippen molar-refractivity contribution < 1.29 is 18.0 Å². The van der Waals surface area contributed by atoms with E-state index in [4.69, 9.17) is 5.41 Å². The fourth-order valence-electron chi connectivity index (χ4n) is 5.13. The van der Waals surface area contributed by atoms with Gasteiger partial charge >= 0.3 is 6.18 Å². The molecule has 1 aromatic rings. The standard InChI is InChI=1S/C26H39F3N4O/c1-31(2)13-4-7-24(34)25(30)21-10-8-20(9-11-21)12-14-32-15-17-33(18-16-32)23-6-3-5-22(19-23)26(27,28)29/h3,5-6,19-21,30H,4,7-18H2,1-2H3. The summed E-state index contributed by atoms with van der Waals surface area (Å²) in [5, 5.41) is 8.30. The van der Waals surface area contributed by atoms with Crippen LogP contribution in [0.1, 0.15) is 50.5 Å². The fraction of sp³-hybridized carbons (Fsp3) is 0.692. The van der Waals surface area contributed by atoms with Gasteiger partial charge in [-0.05, 0) is 89.8 Å². The van der Waals surface area contributed by atoms with Gasteiger partial charge < -0.3 is 15.2 Å². The van der Waals surface area contributed by atoms with E-state index >= 15 is 0 Å². The number of anilines is 1. The van der Waals surface area contributed by atoms with Crippen LogP contribution >= 0.6 is 0 Å². The molecule has 0 unspecified atom stereocenters. The lowest BCUT2D eigenvalue weighted by Crippen LogP contribution is -2.47. The summed E-state index contributed by atoms with van der Waals surface area (Å²) >= 11 is 0. The molecule has 5 nitrogen and oxygen atoms in total. The number of ketones is 1. The van der Waals surface area contributed by atoms with Crippen LogP contribution in [0, 0.1) is 17.2 Å². The first kappa shape index (κ1) is 26.7. The summed E-state index contributed by atoms with van der Waals surface area (Å²) in [7, 11) is 3.99. The Kier molecular flexibility index (Phi) is 9.54. The molecule has 1 saturated heterocycles. The maximum absolute atomic E-state index is 13.0. The van der Waals surface area contributed by atoms with Crippen molar-refractivity contribution in [3.8, 4) is 0 Å². The minimum Gasteiger partial charge on any atom is -0.369 e. The van der Waals surface area contributed by atoms with Crippen LogP contribution < -0.4 is 4.90 Å². The van der Waals surface area contributed by atoms with Crippen LogP contribution in [0.25, 0.3) is 0 Å². The summed E-state index contributed by atoms with van der Waals surface area (Å²) in [6.07, 6.45) is 2.10. The van der Waals surface area contributed by atoms with Gasteiger partial charge in [0.05, 0.1) is 11.3 Å². The summed E-state index contributed by atoms with van der Waals surface area (Å²) in [5.74, 6) is 0.775. The van der Waals surface area contributed by atoms with E-state index in [0.29, 0.717) is 23.7 Å². The molecule has 3 rings (SSSR count). The lowest BCUT2D eigenvalue weighted by atomic mass is 9.77. The number of hydrogen-bond acceptors (Lipinski definition) is 5. The predicted molar refractivity (Wildman–Crippen MR) is 131 cm³/mol. The van der Waals surface area contributed by atoms with Crippen LogP contribution in [0.5, 0.6) is 0 Å². The first-order valence-electron chi connectivity index (χ1n) is 12.5. The van der Waals surface area contributed by atoms with Gasteiger partial charge in [-0.15, -0.1) is 0 Å². The third-order valence-electron chi connectivity index (χ3n) is 7.33. The fourth-order valence-corrected chi connectivity index (χ4v) is 5.13. The van der Waals surface area contributed by atoms with Gasteiger partial charge in [0.2, 0.25) is 0 Å². The van der Waals surface area contributed by atoms with E-state index < -0.39 is 11.7 Å². The summed E-state index contributed by atoms with van der Waals surface area (Å²) in [5.41, 5.74) is 0.390. The molecular formula is C26H39F3N4O. The zero-order chi connectivity index (χ0) is 24.7. The van der Waals surface area contributed by atoms with Crippen LogP contribution in [0.15, 0.2) is 24.3 Å². The first-order chi connectivity index (χ1) is 16.1. The van der Waals surface area contributed by atoms with Crippen molar-refractivity contribution in [3.63, 3.8) is 0 Å². The number of benzene rings is 1. The molecule has 1 aliphatic carbocycles. The molecule has 0 bridgehead atoms. The van der Waals surface area contributed by atoms with Gasteiger partial charge in [-0.25, -0.2) is 0 Å². The number of alkyl halides is 3. The molecule has 1 aromatic carbocycles. The Morgan fingerprint density at radius 1 is 1.09 bits per heavy atom. The average molecular weight is 481 g/mol. The van der Waals surface area contributed by atoms with Crippen molar-refractivity contribution in [2.45, 2.75) is 51.1 Å². The largest absolute Gasteiger partial charge is 0.416 e. The highest BCUT2D eigenvalue weighted by atomic mass is 19.4. The normalized spacial score (nSPS) is 22.2. The summed E-state index contributed by atoms with van der Waals surface area (Å²) in [4.78, 5) is 18.8. The summed E-state index contributed by atoms with van der Waals surface area (Å²) < 4.78 is 39.0. The van der Waals surface area contributed by atoms with Crippen LogP contribution in [-0.4, -0.2) is 74.7 Å². The second-order valence-corrected chi connectivity index (χ2v) is 10.1. The number of hydrogen-bond donors (Lipinski definition) is 1. The van der Waals surface area contributed by atoms with E-state index in [-0.39, 0.29) is 11.7 Å². The second kappa shape index (κ2) is 12.2. The van der Waals surface area contributed by atoms with Crippen LogP contribution in [0.4, 0.5) is 18.9 Å². The van der Waals surface area contributed by atoms with Crippen LogP contribution in [-0.2, 0) is 11.0 Å².